The first-order valence-electron chi connectivity index (χ1n) is 6.29. The van der Waals surface area contributed by atoms with Crippen LogP contribution in [0.15, 0.2) is 40.6 Å². The van der Waals surface area contributed by atoms with E-state index in [4.69, 9.17) is 5.26 Å². The van der Waals surface area contributed by atoms with Crippen LogP contribution in [0, 0.1) is 11.3 Å². The molecule has 96 valence electrons. The second kappa shape index (κ2) is 5.79. The molecule has 0 fully saturated rings. The van der Waals surface area contributed by atoms with E-state index in [-0.39, 0.29) is 0 Å². The van der Waals surface area contributed by atoms with Crippen molar-refractivity contribution in [3.8, 4) is 6.07 Å². The molecule has 1 aromatic carbocycles. The van der Waals surface area contributed by atoms with Gasteiger partial charge in [0.15, 0.2) is 0 Å². The monoisotopic (exact) mass is 286 g/mol. The highest BCUT2D eigenvalue weighted by Gasteiger charge is 2.19. The van der Waals surface area contributed by atoms with Crippen molar-refractivity contribution >= 4 is 23.1 Å². The quantitative estimate of drug-likeness (QED) is 0.928. The summed E-state index contributed by atoms with van der Waals surface area (Å²) in [6.45, 7) is 0.843. The number of nitriles is 1. The minimum Gasteiger partial charge on any atom is -0.305 e. The Bertz CT molecular complexity index is 613. The lowest BCUT2D eigenvalue weighted by atomic mass is 10.0. The van der Waals surface area contributed by atoms with Gasteiger partial charge in [0.05, 0.1) is 5.56 Å². The molecule has 0 saturated heterocycles. The first kappa shape index (κ1) is 12.7. The molecule has 0 spiro atoms. The van der Waals surface area contributed by atoms with Crippen molar-refractivity contribution < 1.29 is 0 Å². The summed E-state index contributed by atoms with van der Waals surface area (Å²) in [5, 5.41) is 14.4. The number of hydrogen-bond donors (Lipinski definition) is 1. The van der Waals surface area contributed by atoms with E-state index >= 15 is 0 Å². The minimum atomic E-state index is 0.435. The number of thioether (sulfide) groups is 1. The van der Waals surface area contributed by atoms with Crippen molar-refractivity contribution in [2.75, 3.05) is 5.75 Å². The molecule has 3 rings (SSSR count). The van der Waals surface area contributed by atoms with Crippen LogP contribution in [-0.2, 0) is 6.54 Å². The summed E-state index contributed by atoms with van der Waals surface area (Å²) >= 11 is 3.60. The smallest absolute Gasteiger partial charge is 0.100 e. The molecule has 0 radical (unpaired) electrons. The van der Waals surface area contributed by atoms with Gasteiger partial charge in [0.1, 0.15) is 6.07 Å². The van der Waals surface area contributed by atoms with Gasteiger partial charge in [-0.25, -0.2) is 0 Å². The van der Waals surface area contributed by atoms with Gasteiger partial charge in [-0.05, 0) is 29.9 Å². The van der Waals surface area contributed by atoms with E-state index in [1.54, 1.807) is 11.3 Å². The molecular weight excluding hydrogens is 272 g/mol. The zero-order chi connectivity index (χ0) is 13.1. The fourth-order valence-electron chi connectivity index (χ4n) is 2.31. The van der Waals surface area contributed by atoms with Gasteiger partial charge in [0.2, 0.25) is 0 Å². The maximum absolute atomic E-state index is 8.83. The van der Waals surface area contributed by atoms with E-state index in [9.17, 15) is 0 Å². The molecule has 2 aromatic rings. The van der Waals surface area contributed by atoms with Crippen molar-refractivity contribution in [1.82, 2.24) is 5.32 Å². The van der Waals surface area contributed by atoms with Crippen LogP contribution in [0.25, 0.3) is 0 Å². The molecule has 0 aliphatic carbocycles. The molecule has 19 heavy (non-hydrogen) atoms. The third-order valence-electron chi connectivity index (χ3n) is 3.26. The maximum atomic E-state index is 8.83. The highest BCUT2D eigenvalue weighted by molar-refractivity contribution is 7.99. The SMILES string of the molecule is N#Cc1csc(CNC2CCSc3ccccc32)c1. The average Bonchev–Trinajstić information content (AvgIpc) is 2.93. The lowest BCUT2D eigenvalue weighted by Gasteiger charge is -2.25. The van der Waals surface area contributed by atoms with Crippen LogP contribution in [0.4, 0.5) is 0 Å². The van der Waals surface area contributed by atoms with Gasteiger partial charge in [0.25, 0.3) is 0 Å². The fraction of sp³-hybridized carbons (Fsp3) is 0.267. The lowest BCUT2D eigenvalue weighted by molar-refractivity contribution is 0.513. The Morgan fingerprint density at radius 3 is 3.11 bits per heavy atom. The molecule has 1 aliphatic rings. The standard InChI is InChI=1S/C15H14N2S2/c16-8-11-7-12(19-10-11)9-17-14-5-6-18-15-4-2-1-3-13(14)15/h1-4,7,10,14,17H,5-6,9H2. The van der Waals surface area contributed by atoms with Gasteiger partial charge in [-0.15, -0.1) is 23.1 Å². The first-order chi connectivity index (χ1) is 9.36. The second-order valence-electron chi connectivity index (χ2n) is 4.52. The Kier molecular flexibility index (Phi) is 3.88. The Labute approximate surface area is 121 Å². The number of rotatable bonds is 3. The van der Waals surface area contributed by atoms with Crippen LogP contribution in [0.2, 0.25) is 0 Å². The molecule has 4 heteroatoms. The van der Waals surface area contributed by atoms with Crippen LogP contribution >= 0.6 is 23.1 Å². The first-order valence-corrected chi connectivity index (χ1v) is 8.16. The third-order valence-corrected chi connectivity index (χ3v) is 5.32. The predicted octanol–water partition coefficient (Wildman–Crippen LogP) is 3.95. The number of nitrogens with one attached hydrogen (secondary N) is 1. The largest absolute Gasteiger partial charge is 0.305 e. The summed E-state index contributed by atoms with van der Waals surface area (Å²) in [5.74, 6) is 1.17. The van der Waals surface area contributed by atoms with E-state index in [0.717, 1.165) is 18.5 Å². The Balaban J connectivity index is 1.70. The zero-order valence-corrected chi connectivity index (χ0v) is 12.1. The Morgan fingerprint density at radius 1 is 1.37 bits per heavy atom. The summed E-state index contributed by atoms with van der Waals surface area (Å²) in [6, 6.07) is 13.2. The molecule has 0 saturated carbocycles. The predicted molar refractivity (Wildman–Crippen MR) is 80.4 cm³/mol. The second-order valence-corrected chi connectivity index (χ2v) is 6.65. The van der Waals surface area contributed by atoms with Crippen molar-refractivity contribution in [2.24, 2.45) is 0 Å². The van der Waals surface area contributed by atoms with E-state index in [0.29, 0.717) is 6.04 Å². The molecule has 2 nitrogen and oxygen atoms in total. The van der Waals surface area contributed by atoms with Gasteiger partial charge >= 0.3 is 0 Å². The summed E-state index contributed by atoms with van der Waals surface area (Å²) in [7, 11) is 0. The van der Waals surface area contributed by atoms with Crippen molar-refractivity contribution in [3.63, 3.8) is 0 Å². The molecular formula is C15H14N2S2. The summed E-state index contributed by atoms with van der Waals surface area (Å²) in [6.07, 6.45) is 1.16. The van der Waals surface area contributed by atoms with Crippen molar-refractivity contribution in [1.29, 1.82) is 5.26 Å². The highest BCUT2D eigenvalue weighted by Crippen LogP contribution is 2.36. The lowest BCUT2D eigenvalue weighted by Crippen LogP contribution is -2.23. The third kappa shape index (κ3) is 2.84. The van der Waals surface area contributed by atoms with Crippen LogP contribution in [0.5, 0.6) is 0 Å². The molecule has 2 heterocycles. The van der Waals surface area contributed by atoms with Crippen molar-refractivity contribution in [3.05, 3.63) is 51.7 Å². The Morgan fingerprint density at radius 2 is 2.26 bits per heavy atom. The van der Waals surface area contributed by atoms with Crippen LogP contribution in [-0.4, -0.2) is 5.75 Å². The zero-order valence-electron chi connectivity index (χ0n) is 10.4. The van der Waals surface area contributed by atoms with Crippen LogP contribution in [0.1, 0.15) is 28.5 Å². The Hall–Kier alpha value is -1.28. The number of thiophene rings is 1. The van der Waals surface area contributed by atoms with Gasteiger partial charge in [-0.2, -0.15) is 5.26 Å². The molecule has 0 bridgehead atoms. The summed E-state index contributed by atoms with van der Waals surface area (Å²) < 4.78 is 0. The van der Waals surface area contributed by atoms with Gasteiger partial charge in [-0.3, -0.25) is 0 Å². The van der Waals surface area contributed by atoms with Crippen LogP contribution < -0.4 is 5.32 Å². The highest BCUT2D eigenvalue weighted by atomic mass is 32.2. The van der Waals surface area contributed by atoms with E-state index < -0.39 is 0 Å². The number of fused-ring (bicyclic) bond motifs is 1. The number of hydrogen-bond acceptors (Lipinski definition) is 4. The average molecular weight is 286 g/mol. The van der Waals surface area contributed by atoms with Crippen molar-refractivity contribution in [2.45, 2.75) is 23.9 Å². The number of benzene rings is 1. The van der Waals surface area contributed by atoms with E-state index in [2.05, 4.69) is 35.7 Å². The normalized spacial score (nSPS) is 17.7. The van der Waals surface area contributed by atoms with Crippen LogP contribution in [0.3, 0.4) is 0 Å². The summed E-state index contributed by atoms with van der Waals surface area (Å²) in [4.78, 5) is 2.63. The fourth-order valence-corrected chi connectivity index (χ4v) is 4.20. The van der Waals surface area contributed by atoms with E-state index in [1.807, 2.05) is 23.2 Å². The van der Waals surface area contributed by atoms with E-state index in [1.165, 1.54) is 21.1 Å². The van der Waals surface area contributed by atoms with Gasteiger partial charge < -0.3 is 5.32 Å². The molecule has 1 aromatic heterocycles. The molecule has 1 atom stereocenters. The van der Waals surface area contributed by atoms with Gasteiger partial charge in [-0.1, -0.05) is 18.2 Å². The molecule has 1 N–H and O–H groups in total. The number of nitrogens with zero attached hydrogens (tertiary/aromatic N) is 1. The summed E-state index contributed by atoms with van der Waals surface area (Å²) in [5.41, 5.74) is 2.18. The minimum absolute atomic E-state index is 0.435. The van der Waals surface area contributed by atoms with Gasteiger partial charge in [0, 0.05) is 27.7 Å². The molecule has 1 aliphatic heterocycles. The molecule has 0 amide bonds. The topological polar surface area (TPSA) is 35.8 Å². The maximum Gasteiger partial charge on any atom is 0.100 e. The molecule has 1 unspecified atom stereocenters.